The fourth-order valence-corrected chi connectivity index (χ4v) is 2.67. The van der Waals surface area contributed by atoms with Crippen molar-refractivity contribution in [3.05, 3.63) is 53.3 Å². The molecule has 0 heterocycles. The number of anilines is 1. The van der Waals surface area contributed by atoms with Crippen LogP contribution in [-0.2, 0) is 4.79 Å². The van der Waals surface area contributed by atoms with E-state index in [0.717, 1.165) is 11.6 Å². The molecule has 2 aromatic rings. The first-order valence-electron chi connectivity index (χ1n) is 9.40. The molecule has 1 unspecified atom stereocenters. The molecule has 0 aliphatic rings. The first-order valence-corrected chi connectivity index (χ1v) is 9.40. The van der Waals surface area contributed by atoms with Crippen LogP contribution in [0.1, 0.15) is 49.7 Å². The second kappa shape index (κ2) is 9.91. The molecular formula is C22H27FN2O4. The van der Waals surface area contributed by atoms with Crippen LogP contribution in [0.25, 0.3) is 0 Å². The van der Waals surface area contributed by atoms with Gasteiger partial charge in [0.15, 0.2) is 11.5 Å². The smallest absolute Gasteiger partial charge is 0.254 e. The van der Waals surface area contributed by atoms with Gasteiger partial charge in [0.05, 0.1) is 25.3 Å². The van der Waals surface area contributed by atoms with Gasteiger partial charge in [0.1, 0.15) is 5.82 Å². The van der Waals surface area contributed by atoms with Crippen LogP contribution in [0.4, 0.5) is 10.1 Å². The van der Waals surface area contributed by atoms with E-state index in [1.807, 2.05) is 6.07 Å². The highest BCUT2D eigenvalue weighted by molar-refractivity contribution is 5.97. The number of ether oxygens (including phenoxy) is 2. The molecule has 7 heteroatoms. The van der Waals surface area contributed by atoms with E-state index >= 15 is 0 Å². The third kappa shape index (κ3) is 6.20. The molecule has 2 N–H and O–H groups in total. The maximum atomic E-state index is 14.1. The minimum absolute atomic E-state index is 0.146. The summed E-state index contributed by atoms with van der Waals surface area (Å²) in [6.07, 6.45) is 0. The van der Waals surface area contributed by atoms with Crippen LogP contribution in [0.3, 0.4) is 0 Å². The molecule has 2 aromatic carbocycles. The lowest BCUT2D eigenvalue weighted by atomic mass is 10.1. The Morgan fingerprint density at radius 3 is 2.41 bits per heavy atom. The van der Waals surface area contributed by atoms with E-state index < -0.39 is 17.8 Å². The summed E-state index contributed by atoms with van der Waals surface area (Å²) in [6, 6.07) is 8.85. The summed E-state index contributed by atoms with van der Waals surface area (Å²) < 4.78 is 25.3. The number of carbonyl (C=O) groups excluding carboxylic acids is 2. The van der Waals surface area contributed by atoms with Crippen LogP contribution in [0, 0.1) is 11.7 Å². The zero-order valence-electron chi connectivity index (χ0n) is 17.3. The number of methoxy groups -OCH3 is 1. The molecule has 0 aliphatic heterocycles. The predicted octanol–water partition coefficient (Wildman–Crippen LogP) is 4.32. The topological polar surface area (TPSA) is 76.7 Å². The minimum atomic E-state index is -0.668. The SMILES string of the molecule is COc1cc(C(C)NC(=O)c2cc(NC(C)=O)ccc2F)ccc1OCC(C)C. The molecule has 0 aliphatic carbocycles. The lowest BCUT2D eigenvalue weighted by Crippen LogP contribution is -2.27. The summed E-state index contributed by atoms with van der Waals surface area (Å²) in [7, 11) is 1.55. The molecule has 0 aromatic heterocycles. The lowest BCUT2D eigenvalue weighted by Gasteiger charge is -2.18. The standard InChI is InChI=1S/C22H27FN2O4/c1-13(2)12-29-20-9-6-16(10-21(20)28-5)14(3)24-22(27)18-11-17(25-15(4)26)7-8-19(18)23/h6-11,13-14H,12H2,1-5H3,(H,24,27)(H,25,26). The number of hydrogen-bond donors (Lipinski definition) is 2. The van der Waals surface area contributed by atoms with Crippen LogP contribution in [-0.4, -0.2) is 25.5 Å². The largest absolute Gasteiger partial charge is 0.493 e. The van der Waals surface area contributed by atoms with Gasteiger partial charge < -0.3 is 20.1 Å². The molecule has 156 valence electrons. The van der Waals surface area contributed by atoms with E-state index in [9.17, 15) is 14.0 Å². The van der Waals surface area contributed by atoms with Gasteiger partial charge >= 0.3 is 0 Å². The first-order chi connectivity index (χ1) is 13.7. The molecule has 0 saturated heterocycles. The maximum absolute atomic E-state index is 14.1. The number of carbonyl (C=O) groups is 2. The molecule has 0 radical (unpaired) electrons. The molecule has 0 spiro atoms. The number of amides is 2. The summed E-state index contributed by atoms with van der Waals surface area (Å²) in [6.45, 7) is 7.80. The van der Waals surface area contributed by atoms with Crippen molar-refractivity contribution in [2.24, 2.45) is 5.92 Å². The molecule has 0 fully saturated rings. The van der Waals surface area contributed by atoms with Gasteiger partial charge in [-0.15, -0.1) is 0 Å². The van der Waals surface area contributed by atoms with E-state index in [0.29, 0.717) is 29.7 Å². The van der Waals surface area contributed by atoms with Gasteiger partial charge in [-0.2, -0.15) is 0 Å². The van der Waals surface area contributed by atoms with Crippen molar-refractivity contribution in [1.82, 2.24) is 5.32 Å². The molecule has 0 bridgehead atoms. The van der Waals surface area contributed by atoms with Crippen LogP contribution in [0.2, 0.25) is 0 Å². The van der Waals surface area contributed by atoms with Crippen molar-refractivity contribution in [3.63, 3.8) is 0 Å². The summed E-state index contributed by atoms with van der Waals surface area (Å²) in [5, 5.41) is 5.30. The quantitative estimate of drug-likeness (QED) is 0.690. The van der Waals surface area contributed by atoms with E-state index in [1.54, 1.807) is 26.2 Å². The lowest BCUT2D eigenvalue weighted by molar-refractivity contribution is -0.114. The van der Waals surface area contributed by atoms with Crippen molar-refractivity contribution in [1.29, 1.82) is 0 Å². The molecule has 2 rings (SSSR count). The summed E-state index contributed by atoms with van der Waals surface area (Å²) in [5.74, 6) is 0.00434. The molecular weight excluding hydrogens is 375 g/mol. The van der Waals surface area contributed by atoms with Gasteiger partial charge in [-0.3, -0.25) is 9.59 Å². The van der Waals surface area contributed by atoms with Crippen molar-refractivity contribution >= 4 is 17.5 Å². The Balaban J connectivity index is 2.16. The van der Waals surface area contributed by atoms with Crippen LogP contribution in [0.5, 0.6) is 11.5 Å². The highest BCUT2D eigenvalue weighted by atomic mass is 19.1. The average Bonchev–Trinajstić information content (AvgIpc) is 2.67. The molecule has 0 saturated carbocycles. The van der Waals surface area contributed by atoms with Crippen LogP contribution < -0.4 is 20.1 Å². The number of nitrogens with one attached hydrogen (secondary N) is 2. The molecule has 1 atom stereocenters. The minimum Gasteiger partial charge on any atom is -0.493 e. The van der Waals surface area contributed by atoms with Gasteiger partial charge in [0, 0.05) is 12.6 Å². The third-order valence-electron chi connectivity index (χ3n) is 4.14. The summed E-state index contributed by atoms with van der Waals surface area (Å²) in [4.78, 5) is 23.8. The Labute approximate surface area is 170 Å². The highest BCUT2D eigenvalue weighted by Gasteiger charge is 2.18. The Bertz CT molecular complexity index is 883. The van der Waals surface area contributed by atoms with Crippen molar-refractivity contribution in [2.75, 3.05) is 19.0 Å². The van der Waals surface area contributed by atoms with E-state index in [-0.39, 0.29) is 11.5 Å². The van der Waals surface area contributed by atoms with Crippen molar-refractivity contribution < 1.29 is 23.5 Å². The summed E-state index contributed by atoms with van der Waals surface area (Å²) in [5.41, 5.74) is 0.988. The number of hydrogen-bond acceptors (Lipinski definition) is 4. The normalized spacial score (nSPS) is 11.7. The first kappa shape index (κ1) is 22.2. The summed E-state index contributed by atoms with van der Waals surface area (Å²) >= 11 is 0. The number of rotatable bonds is 8. The third-order valence-corrected chi connectivity index (χ3v) is 4.14. The van der Waals surface area contributed by atoms with Gasteiger partial charge in [-0.25, -0.2) is 4.39 Å². The van der Waals surface area contributed by atoms with Gasteiger partial charge in [-0.05, 0) is 48.7 Å². The van der Waals surface area contributed by atoms with Crippen molar-refractivity contribution in [3.8, 4) is 11.5 Å². The molecule has 2 amide bonds. The maximum Gasteiger partial charge on any atom is 0.254 e. The average molecular weight is 402 g/mol. The Kier molecular flexibility index (Phi) is 7.59. The zero-order chi connectivity index (χ0) is 21.6. The number of halogens is 1. The fourth-order valence-electron chi connectivity index (χ4n) is 2.67. The predicted molar refractivity (Wildman–Crippen MR) is 110 cm³/mol. The second-order valence-electron chi connectivity index (χ2n) is 7.19. The number of benzene rings is 2. The Morgan fingerprint density at radius 2 is 1.79 bits per heavy atom. The van der Waals surface area contributed by atoms with E-state index in [2.05, 4.69) is 24.5 Å². The van der Waals surface area contributed by atoms with Gasteiger partial charge in [0.2, 0.25) is 5.91 Å². The van der Waals surface area contributed by atoms with E-state index in [1.165, 1.54) is 19.1 Å². The molecule has 6 nitrogen and oxygen atoms in total. The molecule has 29 heavy (non-hydrogen) atoms. The van der Waals surface area contributed by atoms with Gasteiger partial charge in [0.25, 0.3) is 5.91 Å². The second-order valence-corrected chi connectivity index (χ2v) is 7.19. The Morgan fingerprint density at radius 1 is 1.07 bits per heavy atom. The highest BCUT2D eigenvalue weighted by Crippen LogP contribution is 2.31. The monoisotopic (exact) mass is 402 g/mol. The Hall–Kier alpha value is -3.09. The van der Waals surface area contributed by atoms with Crippen LogP contribution in [0.15, 0.2) is 36.4 Å². The zero-order valence-corrected chi connectivity index (χ0v) is 17.3. The van der Waals surface area contributed by atoms with Crippen molar-refractivity contribution in [2.45, 2.75) is 33.7 Å². The fraction of sp³-hybridized carbons (Fsp3) is 0.364. The van der Waals surface area contributed by atoms with Gasteiger partial charge in [-0.1, -0.05) is 19.9 Å². The van der Waals surface area contributed by atoms with E-state index in [4.69, 9.17) is 9.47 Å². The van der Waals surface area contributed by atoms with Crippen LogP contribution >= 0.6 is 0 Å².